The van der Waals surface area contributed by atoms with Gasteiger partial charge in [-0.2, -0.15) is 0 Å². The Balaban J connectivity index is 1.66. The zero-order valence-corrected chi connectivity index (χ0v) is 17.2. The summed E-state index contributed by atoms with van der Waals surface area (Å²) in [6.07, 6.45) is 0. The van der Waals surface area contributed by atoms with E-state index in [-0.39, 0.29) is 18.6 Å². The number of nitrogens with zero attached hydrogens (tertiary/aromatic N) is 1. The molecule has 3 aromatic carbocycles. The van der Waals surface area contributed by atoms with Gasteiger partial charge in [0.25, 0.3) is 0 Å². The lowest BCUT2D eigenvalue weighted by atomic mass is 9.84. The Hall–Kier alpha value is -2.17. The molecule has 0 spiro atoms. The van der Waals surface area contributed by atoms with Gasteiger partial charge in [0.2, 0.25) is 0 Å². The molecule has 0 saturated carbocycles. The van der Waals surface area contributed by atoms with Gasteiger partial charge >= 0.3 is 0 Å². The summed E-state index contributed by atoms with van der Waals surface area (Å²) in [6, 6.07) is 27.8. The molecule has 4 heteroatoms. The van der Waals surface area contributed by atoms with Gasteiger partial charge in [-0.25, -0.2) is 5.11 Å². The first-order chi connectivity index (χ1) is 14.3. The van der Waals surface area contributed by atoms with Gasteiger partial charge in [0.1, 0.15) is 0 Å². The first-order valence-electron chi connectivity index (χ1n) is 10.2. The fraction of sp³-hybridized carbons (Fsp3) is 0.280. The Morgan fingerprint density at radius 2 is 1.52 bits per heavy atom. The molecular weight excluding hydrogens is 380 g/mol. The molecule has 3 nitrogen and oxygen atoms in total. The van der Waals surface area contributed by atoms with Crippen LogP contribution in [0.25, 0.3) is 0 Å². The molecular formula is C25H26ClN2O. The van der Waals surface area contributed by atoms with Gasteiger partial charge in [-0.05, 0) is 34.4 Å². The average molecular weight is 406 g/mol. The lowest BCUT2D eigenvalue weighted by Crippen LogP contribution is -2.46. The molecule has 1 saturated heterocycles. The van der Waals surface area contributed by atoms with E-state index >= 15 is 0 Å². The van der Waals surface area contributed by atoms with E-state index in [0.29, 0.717) is 6.54 Å². The summed E-state index contributed by atoms with van der Waals surface area (Å²) in [4.78, 5) is 2.30. The van der Waals surface area contributed by atoms with E-state index in [1.54, 1.807) is 0 Å². The van der Waals surface area contributed by atoms with Crippen LogP contribution >= 0.6 is 11.6 Å². The molecule has 1 aliphatic rings. The maximum Gasteiger partial charge on any atom is 0.0949 e. The summed E-state index contributed by atoms with van der Waals surface area (Å²) in [5.41, 5.74) is 4.99. The molecule has 0 aromatic heterocycles. The highest BCUT2D eigenvalue weighted by Gasteiger charge is 2.24. The number of rotatable bonds is 6. The molecule has 0 bridgehead atoms. The van der Waals surface area contributed by atoms with Crippen LogP contribution in [0.3, 0.4) is 0 Å². The third-order valence-corrected chi connectivity index (χ3v) is 5.98. The normalized spacial score (nSPS) is 18.5. The summed E-state index contributed by atoms with van der Waals surface area (Å²) in [6.45, 7) is 3.30. The molecule has 1 aliphatic heterocycles. The van der Waals surface area contributed by atoms with Gasteiger partial charge in [0.05, 0.1) is 6.61 Å². The molecule has 29 heavy (non-hydrogen) atoms. The number of halogens is 1. The molecule has 1 heterocycles. The third-order valence-electron chi connectivity index (χ3n) is 5.72. The van der Waals surface area contributed by atoms with Crippen LogP contribution in [0.15, 0.2) is 78.9 Å². The highest BCUT2D eigenvalue weighted by molar-refractivity contribution is 6.30. The first kappa shape index (κ1) is 20.1. The van der Waals surface area contributed by atoms with E-state index in [2.05, 4.69) is 70.9 Å². The highest BCUT2D eigenvalue weighted by atomic mass is 35.5. The highest BCUT2D eigenvalue weighted by Crippen LogP contribution is 2.33. The van der Waals surface area contributed by atoms with Crippen LogP contribution in [0.4, 0.5) is 0 Å². The maximum absolute atomic E-state index is 11.2. The average Bonchev–Trinajstić information content (AvgIpc) is 2.77. The third kappa shape index (κ3) is 4.71. The maximum atomic E-state index is 11.2. The molecule has 0 amide bonds. The summed E-state index contributed by atoms with van der Waals surface area (Å²) in [5.74, 6) is 0.157. The van der Waals surface area contributed by atoms with Crippen LogP contribution in [0.1, 0.15) is 34.2 Å². The van der Waals surface area contributed by atoms with Crippen molar-refractivity contribution in [1.29, 1.82) is 0 Å². The predicted octanol–water partition coefficient (Wildman–Crippen LogP) is 4.90. The van der Waals surface area contributed by atoms with Crippen molar-refractivity contribution in [2.75, 3.05) is 32.8 Å². The summed E-state index contributed by atoms with van der Waals surface area (Å²) in [7, 11) is 0. The smallest absolute Gasteiger partial charge is 0.0949 e. The minimum absolute atomic E-state index is 0.0543. The lowest BCUT2D eigenvalue weighted by molar-refractivity contribution is 0.0975. The second-order valence-electron chi connectivity index (χ2n) is 7.52. The molecule has 2 unspecified atom stereocenters. The molecule has 3 aromatic rings. The minimum atomic E-state index is -0.0543. The van der Waals surface area contributed by atoms with Crippen LogP contribution in [0.2, 0.25) is 5.02 Å². The van der Waals surface area contributed by atoms with E-state index in [9.17, 15) is 5.11 Å². The Labute approximate surface area is 178 Å². The van der Waals surface area contributed by atoms with Crippen molar-refractivity contribution >= 4 is 11.6 Å². The summed E-state index contributed by atoms with van der Waals surface area (Å²) >= 11 is 6.12. The van der Waals surface area contributed by atoms with E-state index in [1.807, 2.05) is 18.2 Å². The van der Waals surface area contributed by atoms with Crippen LogP contribution in [-0.2, 0) is 5.11 Å². The van der Waals surface area contributed by atoms with Crippen molar-refractivity contribution in [2.24, 2.45) is 0 Å². The molecule has 149 valence electrons. The predicted molar refractivity (Wildman–Crippen MR) is 118 cm³/mol. The molecule has 1 N–H and O–H groups in total. The van der Waals surface area contributed by atoms with Gasteiger partial charge in [0, 0.05) is 43.2 Å². The number of piperazine rings is 1. The fourth-order valence-corrected chi connectivity index (χ4v) is 4.37. The lowest BCUT2D eigenvalue weighted by Gasteiger charge is -2.36. The quantitative estimate of drug-likeness (QED) is 0.592. The largest absolute Gasteiger partial charge is 0.314 e. The van der Waals surface area contributed by atoms with Gasteiger partial charge in [-0.15, -0.1) is 0 Å². The molecule has 2 atom stereocenters. The Bertz CT molecular complexity index is 894. The Morgan fingerprint density at radius 1 is 0.897 bits per heavy atom. The second kappa shape index (κ2) is 9.55. The van der Waals surface area contributed by atoms with Crippen LogP contribution in [0.5, 0.6) is 0 Å². The van der Waals surface area contributed by atoms with Gasteiger partial charge in [-0.3, -0.25) is 4.90 Å². The summed E-state index contributed by atoms with van der Waals surface area (Å²) < 4.78 is 0. The van der Waals surface area contributed by atoms with Crippen molar-refractivity contribution in [3.05, 3.63) is 106 Å². The first-order valence-corrected chi connectivity index (χ1v) is 10.6. The van der Waals surface area contributed by atoms with Gasteiger partial charge < -0.3 is 5.32 Å². The number of benzene rings is 3. The molecule has 1 radical (unpaired) electrons. The minimum Gasteiger partial charge on any atom is -0.314 e. The van der Waals surface area contributed by atoms with Gasteiger partial charge in [0.15, 0.2) is 0 Å². The fourth-order valence-electron chi connectivity index (χ4n) is 4.25. The summed E-state index contributed by atoms with van der Waals surface area (Å²) in [5, 5.41) is 15.4. The number of nitrogens with one attached hydrogen (secondary N) is 1. The second-order valence-corrected chi connectivity index (χ2v) is 7.96. The van der Waals surface area contributed by atoms with E-state index < -0.39 is 0 Å². The van der Waals surface area contributed by atoms with Crippen molar-refractivity contribution in [3.8, 4) is 0 Å². The number of hydrogen-bond donors (Lipinski definition) is 1. The number of hydrogen-bond acceptors (Lipinski definition) is 2. The van der Waals surface area contributed by atoms with E-state index in [0.717, 1.165) is 24.7 Å². The zero-order chi connectivity index (χ0) is 20.1. The van der Waals surface area contributed by atoms with Crippen molar-refractivity contribution in [3.63, 3.8) is 0 Å². The van der Waals surface area contributed by atoms with Crippen molar-refractivity contribution in [1.82, 2.24) is 10.2 Å². The topological polar surface area (TPSA) is 35.2 Å². The standard InChI is InChI=1S/C25H26ClN2O/c26-23-12-10-22(11-13-23)25(20-4-2-1-3-5-20)21-8-6-19(7-9-21)24-18-27-14-15-28(24)16-17-29/h1-13,24-25,27H,14-18H2. The zero-order valence-electron chi connectivity index (χ0n) is 16.4. The molecule has 1 fully saturated rings. The van der Waals surface area contributed by atoms with E-state index in [4.69, 9.17) is 11.6 Å². The van der Waals surface area contributed by atoms with E-state index in [1.165, 1.54) is 22.3 Å². The van der Waals surface area contributed by atoms with Gasteiger partial charge in [-0.1, -0.05) is 78.3 Å². The van der Waals surface area contributed by atoms with Crippen LogP contribution < -0.4 is 5.32 Å². The monoisotopic (exact) mass is 405 g/mol. The molecule has 0 aliphatic carbocycles. The molecule has 4 rings (SSSR count). The van der Waals surface area contributed by atoms with Crippen LogP contribution in [0, 0.1) is 0 Å². The van der Waals surface area contributed by atoms with Crippen molar-refractivity contribution < 1.29 is 5.11 Å². The van der Waals surface area contributed by atoms with Crippen LogP contribution in [-0.4, -0.2) is 37.7 Å². The van der Waals surface area contributed by atoms with Crippen molar-refractivity contribution in [2.45, 2.75) is 12.0 Å². The SMILES string of the molecule is [O]CCN1CCNCC1c1ccc(C(c2ccccc2)c2ccc(Cl)cc2)cc1. The Kier molecular flexibility index (Phi) is 6.63. The Morgan fingerprint density at radius 3 is 2.17 bits per heavy atom.